The molecular weight excluding hydrogens is 214 g/mol. The van der Waals surface area contributed by atoms with Crippen LogP contribution < -0.4 is 21.1 Å². The van der Waals surface area contributed by atoms with E-state index in [1.807, 2.05) is 13.1 Å². The van der Waals surface area contributed by atoms with Gasteiger partial charge in [-0.15, -0.1) is 0 Å². The van der Waals surface area contributed by atoms with Crippen molar-refractivity contribution in [2.45, 2.75) is 19.9 Å². The molecule has 0 saturated carbocycles. The number of likely N-dealkylation sites (N-methyl/N-ethyl adjacent to an activating group) is 1. The SMILES string of the molecule is COc1ccc(N(C)CC(N)CN)c(C)c1C. The highest BCUT2D eigenvalue weighted by atomic mass is 16.5. The lowest BCUT2D eigenvalue weighted by Crippen LogP contribution is -2.40. The monoisotopic (exact) mass is 237 g/mol. The van der Waals surface area contributed by atoms with Crippen molar-refractivity contribution < 1.29 is 4.74 Å². The summed E-state index contributed by atoms with van der Waals surface area (Å²) in [6.07, 6.45) is 0. The summed E-state index contributed by atoms with van der Waals surface area (Å²) in [6.45, 7) is 5.41. The van der Waals surface area contributed by atoms with Crippen molar-refractivity contribution in [3.63, 3.8) is 0 Å². The Hall–Kier alpha value is -1.26. The first-order chi connectivity index (χ1) is 8.01. The Kier molecular flexibility index (Phi) is 4.78. The van der Waals surface area contributed by atoms with Crippen molar-refractivity contribution in [1.29, 1.82) is 0 Å². The van der Waals surface area contributed by atoms with Crippen molar-refractivity contribution in [2.24, 2.45) is 11.5 Å². The van der Waals surface area contributed by atoms with Crippen LogP contribution in [0.5, 0.6) is 5.75 Å². The summed E-state index contributed by atoms with van der Waals surface area (Å²) in [5.74, 6) is 0.919. The van der Waals surface area contributed by atoms with E-state index < -0.39 is 0 Å². The van der Waals surface area contributed by atoms with Gasteiger partial charge < -0.3 is 21.1 Å². The van der Waals surface area contributed by atoms with Crippen LogP contribution in [0.1, 0.15) is 11.1 Å². The fraction of sp³-hybridized carbons (Fsp3) is 0.538. The second-order valence-electron chi connectivity index (χ2n) is 4.41. The number of nitrogens with zero attached hydrogens (tertiary/aromatic N) is 1. The molecule has 1 atom stereocenters. The Morgan fingerprint density at radius 3 is 2.47 bits per heavy atom. The summed E-state index contributed by atoms with van der Waals surface area (Å²) in [4.78, 5) is 2.14. The fourth-order valence-corrected chi connectivity index (χ4v) is 1.94. The van der Waals surface area contributed by atoms with Gasteiger partial charge in [0.25, 0.3) is 0 Å². The maximum Gasteiger partial charge on any atom is 0.122 e. The van der Waals surface area contributed by atoms with Crippen LogP contribution in [0.25, 0.3) is 0 Å². The lowest BCUT2D eigenvalue weighted by molar-refractivity contribution is 0.411. The van der Waals surface area contributed by atoms with Gasteiger partial charge in [-0.25, -0.2) is 0 Å². The highest BCUT2D eigenvalue weighted by Gasteiger charge is 2.12. The molecule has 17 heavy (non-hydrogen) atoms. The quantitative estimate of drug-likeness (QED) is 0.803. The Labute approximate surface area is 104 Å². The second-order valence-corrected chi connectivity index (χ2v) is 4.41. The molecule has 1 unspecified atom stereocenters. The number of nitrogens with two attached hydrogens (primary N) is 2. The van der Waals surface area contributed by atoms with Gasteiger partial charge in [-0.1, -0.05) is 0 Å². The highest BCUT2D eigenvalue weighted by molar-refractivity contribution is 5.59. The number of rotatable bonds is 5. The standard InChI is InChI=1S/C13H23N3O/c1-9-10(2)13(17-4)6-5-12(9)16(3)8-11(15)7-14/h5-6,11H,7-8,14-15H2,1-4H3. The van der Waals surface area contributed by atoms with Gasteiger partial charge in [-0.2, -0.15) is 0 Å². The van der Waals surface area contributed by atoms with Gasteiger partial charge in [-0.05, 0) is 37.1 Å². The predicted octanol–water partition coefficient (Wildman–Crippen LogP) is 1.03. The first-order valence-corrected chi connectivity index (χ1v) is 5.82. The summed E-state index contributed by atoms with van der Waals surface area (Å²) >= 11 is 0. The summed E-state index contributed by atoms with van der Waals surface area (Å²) in [5.41, 5.74) is 15.0. The molecule has 4 N–H and O–H groups in total. The third kappa shape index (κ3) is 3.11. The first kappa shape index (κ1) is 13.8. The molecular formula is C13H23N3O. The molecule has 0 bridgehead atoms. The number of hydrogen-bond donors (Lipinski definition) is 2. The van der Waals surface area contributed by atoms with E-state index in [1.165, 1.54) is 11.3 Å². The van der Waals surface area contributed by atoms with Gasteiger partial charge >= 0.3 is 0 Å². The van der Waals surface area contributed by atoms with E-state index >= 15 is 0 Å². The molecule has 4 nitrogen and oxygen atoms in total. The molecule has 0 aliphatic rings. The molecule has 0 fully saturated rings. The lowest BCUT2D eigenvalue weighted by Gasteiger charge is -2.25. The molecule has 4 heteroatoms. The van der Waals surface area contributed by atoms with E-state index in [9.17, 15) is 0 Å². The van der Waals surface area contributed by atoms with E-state index in [-0.39, 0.29) is 6.04 Å². The molecule has 1 aromatic rings. The van der Waals surface area contributed by atoms with Crippen molar-refractivity contribution in [2.75, 3.05) is 32.1 Å². The normalized spacial score (nSPS) is 12.4. The van der Waals surface area contributed by atoms with E-state index in [2.05, 4.69) is 24.8 Å². The van der Waals surface area contributed by atoms with Gasteiger partial charge in [0.05, 0.1) is 7.11 Å². The summed E-state index contributed by atoms with van der Waals surface area (Å²) in [7, 11) is 3.72. The first-order valence-electron chi connectivity index (χ1n) is 5.82. The van der Waals surface area contributed by atoms with Crippen LogP contribution in [0, 0.1) is 13.8 Å². The van der Waals surface area contributed by atoms with E-state index in [4.69, 9.17) is 16.2 Å². The van der Waals surface area contributed by atoms with Crippen LogP contribution in [0.3, 0.4) is 0 Å². The van der Waals surface area contributed by atoms with Gasteiger partial charge in [0.2, 0.25) is 0 Å². The third-order valence-electron chi connectivity index (χ3n) is 3.15. The molecule has 0 radical (unpaired) electrons. The van der Waals surface area contributed by atoms with Crippen LogP contribution in [0.2, 0.25) is 0 Å². The maximum absolute atomic E-state index is 5.86. The zero-order chi connectivity index (χ0) is 13.0. The average Bonchev–Trinajstić information content (AvgIpc) is 2.32. The van der Waals surface area contributed by atoms with E-state index in [0.29, 0.717) is 6.54 Å². The Balaban J connectivity index is 2.95. The van der Waals surface area contributed by atoms with E-state index in [0.717, 1.165) is 17.9 Å². The largest absolute Gasteiger partial charge is 0.496 e. The molecule has 0 saturated heterocycles. The summed E-state index contributed by atoms with van der Waals surface area (Å²) < 4.78 is 5.30. The van der Waals surface area contributed by atoms with Crippen molar-refractivity contribution in [3.8, 4) is 5.75 Å². The molecule has 0 aromatic heterocycles. The van der Waals surface area contributed by atoms with Gasteiger partial charge in [0.1, 0.15) is 5.75 Å². The zero-order valence-electron chi connectivity index (χ0n) is 11.2. The van der Waals surface area contributed by atoms with Gasteiger partial charge in [0, 0.05) is 31.9 Å². The second kappa shape index (κ2) is 5.89. The maximum atomic E-state index is 5.86. The van der Waals surface area contributed by atoms with Crippen LogP contribution in [0.4, 0.5) is 5.69 Å². The van der Waals surface area contributed by atoms with Crippen LogP contribution in [-0.2, 0) is 0 Å². The fourth-order valence-electron chi connectivity index (χ4n) is 1.94. The van der Waals surface area contributed by atoms with Gasteiger partial charge in [0.15, 0.2) is 0 Å². The number of benzene rings is 1. The highest BCUT2D eigenvalue weighted by Crippen LogP contribution is 2.29. The van der Waals surface area contributed by atoms with E-state index in [1.54, 1.807) is 7.11 Å². The number of hydrogen-bond acceptors (Lipinski definition) is 4. The Morgan fingerprint density at radius 1 is 1.29 bits per heavy atom. The molecule has 0 spiro atoms. The average molecular weight is 237 g/mol. The van der Waals surface area contributed by atoms with Crippen molar-refractivity contribution in [1.82, 2.24) is 0 Å². The number of methoxy groups -OCH3 is 1. The Morgan fingerprint density at radius 2 is 1.94 bits per heavy atom. The molecule has 1 aromatic carbocycles. The minimum absolute atomic E-state index is 0.00167. The lowest BCUT2D eigenvalue weighted by atomic mass is 10.1. The third-order valence-corrected chi connectivity index (χ3v) is 3.15. The minimum atomic E-state index is 0.00167. The summed E-state index contributed by atoms with van der Waals surface area (Å²) in [6, 6.07) is 4.05. The summed E-state index contributed by atoms with van der Waals surface area (Å²) in [5, 5.41) is 0. The molecule has 0 heterocycles. The number of ether oxygens (including phenoxy) is 1. The smallest absolute Gasteiger partial charge is 0.122 e. The zero-order valence-corrected chi connectivity index (χ0v) is 11.2. The molecule has 0 aliphatic carbocycles. The van der Waals surface area contributed by atoms with Crippen molar-refractivity contribution in [3.05, 3.63) is 23.3 Å². The molecule has 0 amide bonds. The minimum Gasteiger partial charge on any atom is -0.496 e. The van der Waals surface area contributed by atoms with Crippen molar-refractivity contribution >= 4 is 5.69 Å². The molecule has 0 aliphatic heterocycles. The Bertz CT molecular complexity index is 379. The number of anilines is 1. The molecule has 1 rings (SSSR count). The predicted molar refractivity (Wildman–Crippen MR) is 72.8 cm³/mol. The van der Waals surface area contributed by atoms with Crippen LogP contribution in [-0.4, -0.2) is 33.3 Å². The van der Waals surface area contributed by atoms with Crippen LogP contribution in [0.15, 0.2) is 12.1 Å². The van der Waals surface area contributed by atoms with Crippen LogP contribution >= 0.6 is 0 Å². The topological polar surface area (TPSA) is 64.5 Å². The molecule has 96 valence electrons. The van der Waals surface area contributed by atoms with Gasteiger partial charge in [-0.3, -0.25) is 0 Å².